The fourth-order valence-electron chi connectivity index (χ4n) is 4.40. The Hall–Kier alpha value is -0.0400. The van der Waals surface area contributed by atoms with Crippen LogP contribution in [0.25, 0.3) is 0 Å². The Morgan fingerprint density at radius 1 is 1.00 bits per heavy atom. The van der Waals surface area contributed by atoms with E-state index in [0.29, 0.717) is 5.41 Å². The lowest BCUT2D eigenvalue weighted by molar-refractivity contribution is 0.0200. The molecule has 2 aliphatic rings. The van der Waals surface area contributed by atoms with Gasteiger partial charge in [-0.2, -0.15) is 0 Å². The zero-order valence-electron chi connectivity index (χ0n) is 12.1. The third-order valence-corrected chi connectivity index (χ3v) is 6.05. The van der Waals surface area contributed by atoms with Gasteiger partial charge in [-0.25, -0.2) is 0 Å². The second-order valence-electron chi connectivity index (χ2n) is 7.26. The van der Waals surface area contributed by atoms with Crippen molar-refractivity contribution in [2.24, 2.45) is 23.0 Å². The maximum Gasteiger partial charge on any atom is 0.0234 e. The van der Waals surface area contributed by atoms with Gasteiger partial charge in [0, 0.05) is 5.54 Å². The minimum absolute atomic E-state index is 0.129. The van der Waals surface area contributed by atoms with E-state index in [0.717, 1.165) is 11.8 Å². The topological polar surface area (TPSA) is 26.0 Å². The van der Waals surface area contributed by atoms with Crippen molar-refractivity contribution in [1.29, 1.82) is 0 Å². The Labute approximate surface area is 108 Å². The first-order valence-corrected chi connectivity index (χ1v) is 7.78. The summed E-state index contributed by atoms with van der Waals surface area (Å²) in [4.78, 5) is 0. The Balaban J connectivity index is 2.05. The highest BCUT2D eigenvalue weighted by atomic mass is 14.8. The predicted molar refractivity (Wildman–Crippen MR) is 74.9 cm³/mol. The largest absolute Gasteiger partial charge is 0.324 e. The fraction of sp³-hybridized carbons (Fsp3) is 1.00. The van der Waals surface area contributed by atoms with E-state index in [4.69, 9.17) is 5.73 Å². The molecule has 1 nitrogen and oxygen atoms in total. The standard InChI is InChI=1S/C16H31N/c1-4-13-7-9-14(10-8-13)16(17)12-6-5-11-15(16,2)3/h13-14H,4-12,17H2,1-3H3. The summed E-state index contributed by atoms with van der Waals surface area (Å²) in [6.07, 6.45) is 12.3. The molecule has 0 amide bonds. The van der Waals surface area contributed by atoms with E-state index in [2.05, 4.69) is 20.8 Å². The van der Waals surface area contributed by atoms with Crippen molar-refractivity contribution in [3.63, 3.8) is 0 Å². The number of nitrogens with two attached hydrogens (primary N) is 1. The fourth-order valence-corrected chi connectivity index (χ4v) is 4.40. The van der Waals surface area contributed by atoms with Crippen LogP contribution in [0.15, 0.2) is 0 Å². The lowest BCUT2D eigenvalue weighted by Gasteiger charge is -2.54. The molecule has 0 spiro atoms. The van der Waals surface area contributed by atoms with Crippen LogP contribution in [0, 0.1) is 17.3 Å². The molecule has 2 fully saturated rings. The van der Waals surface area contributed by atoms with Gasteiger partial charge in [-0.3, -0.25) is 0 Å². The third-order valence-electron chi connectivity index (χ3n) is 6.05. The van der Waals surface area contributed by atoms with Gasteiger partial charge in [-0.15, -0.1) is 0 Å². The first kappa shape index (κ1) is 13.4. The molecule has 1 unspecified atom stereocenters. The molecule has 2 saturated carbocycles. The van der Waals surface area contributed by atoms with Gasteiger partial charge < -0.3 is 5.73 Å². The second-order valence-corrected chi connectivity index (χ2v) is 7.26. The molecule has 0 saturated heterocycles. The second kappa shape index (κ2) is 4.91. The van der Waals surface area contributed by atoms with E-state index in [9.17, 15) is 0 Å². The van der Waals surface area contributed by atoms with Crippen LogP contribution >= 0.6 is 0 Å². The molecule has 0 heterocycles. The molecule has 100 valence electrons. The number of rotatable bonds is 2. The summed E-state index contributed by atoms with van der Waals surface area (Å²) < 4.78 is 0. The van der Waals surface area contributed by atoms with Crippen molar-refractivity contribution in [2.45, 2.75) is 84.1 Å². The monoisotopic (exact) mass is 237 g/mol. The van der Waals surface area contributed by atoms with Gasteiger partial charge in [0.1, 0.15) is 0 Å². The van der Waals surface area contributed by atoms with Crippen LogP contribution in [-0.4, -0.2) is 5.54 Å². The Bertz CT molecular complexity index is 250. The molecule has 0 aromatic carbocycles. The minimum atomic E-state index is 0.129. The van der Waals surface area contributed by atoms with Gasteiger partial charge in [0.2, 0.25) is 0 Å². The first-order chi connectivity index (χ1) is 7.99. The Kier molecular flexibility index (Phi) is 3.87. The number of hydrogen-bond acceptors (Lipinski definition) is 1. The van der Waals surface area contributed by atoms with Crippen molar-refractivity contribution >= 4 is 0 Å². The van der Waals surface area contributed by atoms with E-state index in [1.54, 1.807) is 0 Å². The van der Waals surface area contributed by atoms with E-state index >= 15 is 0 Å². The van der Waals surface area contributed by atoms with E-state index in [-0.39, 0.29) is 5.54 Å². The average molecular weight is 237 g/mol. The molecule has 2 N–H and O–H groups in total. The lowest BCUT2D eigenvalue weighted by Crippen LogP contribution is -2.60. The van der Waals surface area contributed by atoms with Gasteiger partial charge in [-0.1, -0.05) is 52.9 Å². The summed E-state index contributed by atoms with van der Waals surface area (Å²) in [5, 5.41) is 0. The van der Waals surface area contributed by atoms with Crippen molar-refractivity contribution in [1.82, 2.24) is 0 Å². The van der Waals surface area contributed by atoms with Gasteiger partial charge in [0.05, 0.1) is 0 Å². The molecule has 0 bridgehead atoms. The first-order valence-electron chi connectivity index (χ1n) is 7.78. The molecule has 0 aromatic rings. The van der Waals surface area contributed by atoms with E-state index < -0.39 is 0 Å². The summed E-state index contributed by atoms with van der Waals surface area (Å²) in [6, 6.07) is 0. The van der Waals surface area contributed by atoms with Crippen LogP contribution < -0.4 is 5.73 Å². The highest BCUT2D eigenvalue weighted by Gasteiger charge is 2.48. The molecule has 17 heavy (non-hydrogen) atoms. The Morgan fingerprint density at radius 2 is 1.59 bits per heavy atom. The van der Waals surface area contributed by atoms with Crippen molar-refractivity contribution in [3.8, 4) is 0 Å². The van der Waals surface area contributed by atoms with Crippen molar-refractivity contribution in [3.05, 3.63) is 0 Å². The Morgan fingerprint density at radius 3 is 2.12 bits per heavy atom. The SMILES string of the molecule is CCC1CCC(C2(N)CCCCC2(C)C)CC1. The smallest absolute Gasteiger partial charge is 0.0234 e. The van der Waals surface area contributed by atoms with Gasteiger partial charge >= 0.3 is 0 Å². The molecular formula is C16H31N. The molecular weight excluding hydrogens is 206 g/mol. The number of hydrogen-bond donors (Lipinski definition) is 1. The maximum absolute atomic E-state index is 6.90. The molecule has 2 aliphatic carbocycles. The molecule has 0 aliphatic heterocycles. The van der Waals surface area contributed by atoms with E-state index in [1.165, 1.54) is 57.8 Å². The molecule has 0 radical (unpaired) electrons. The zero-order chi connectivity index (χ0) is 12.5. The predicted octanol–water partition coefficient (Wildman–Crippen LogP) is 4.50. The maximum atomic E-state index is 6.90. The summed E-state index contributed by atoms with van der Waals surface area (Å²) in [5.41, 5.74) is 7.38. The van der Waals surface area contributed by atoms with Gasteiger partial charge in [-0.05, 0) is 42.9 Å². The summed E-state index contributed by atoms with van der Waals surface area (Å²) in [7, 11) is 0. The normalized spacial score (nSPS) is 42.4. The van der Waals surface area contributed by atoms with Crippen LogP contribution in [0.4, 0.5) is 0 Å². The van der Waals surface area contributed by atoms with Gasteiger partial charge in [0.25, 0.3) is 0 Å². The average Bonchev–Trinajstić information content (AvgIpc) is 2.33. The highest BCUT2D eigenvalue weighted by Crippen LogP contribution is 2.50. The molecule has 2 rings (SSSR count). The molecule has 1 heteroatoms. The lowest BCUT2D eigenvalue weighted by atomic mass is 9.55. The molecule has 0 aromatic heterocycles. The summed E-state index contributed by atoms with van der Waals surface area (Å²) in [6.45, 7) is 7.17. The van der Waals surface area contributed by atoms with Crippen LogP contribution in [0.2, 0.25) is 0 Å². The zero-order valence-corrected chi connectivity index (χ0v) is 12.1. The third kappa shape index (κ3) is 2.41. The van der Waals surface area contributed by atoms with E-state index in [1.807, 2.05) is 0 Å². The summed E-state index contributed by atoms with van der Waals surface area (Å²) >= 11 is 0. The van der Waals surface area contributed by atoms with Crippen molar-refractivity contribution < 1.29 is 0 Å². The van der Waals surface area contributed by atoms with Crippen LogP contribution in [0.1, 0.15) is 78.6 Å². The minimum Gasteiger partial charge on any atom is -0.324 e. The van der Waals surface area contributed by atoms with Crippen LogP contribution in [0.5, 0.6) is 0 Å². The van der Waals surface area contributed by atoms with Crippen molar-refractivity contribution in [2.75, 3.05) is 0 Å². The summed E-state index contributed by atoms with van der Waals surface area (Å²) in [5.74, 6) is 1.78. The van der Waals surface area contributed by atoms with Crippen LogP contribution in [0.3, 0.4) is 0 Å². The highest BCUT2D eigenvalue weighted by molar-refractivity contribution is 5.05. The van der Waals surface area contributed by atoms with Gasteiger partial charge in [0.15, 0.2) is 0 Å². The molecule has 1 atom stereocenters. The van der Waals surface area contributed by atoms with Crippen LogP contribution in [-0.2, 0) is 0 Å². The quantitative estimate of drug-likeness (QED) is 0.752.